The van der Waals surface area contributed by atoms with Gasteiger partial charge in [0.25, 0.3) is 0 Å². The van der Waals surface area contributed by atoms with Crippen LogP contribution in [0.25, 0.3) is 0 Å². The van der Waals surface area contributed by atoms with Crippen molar-refractivity contribution in [1.82, 2.24) is 0 Å². The van der Waals surface area contributed by atoms with E-state index in [0.717, 1.165) is 0 Å². The summed E-state index contributed by atoms with van der Waals surface area (Å²) in [5.41, 5.74) is 0. The summed E-state index contributed by atoms with van der Waals surface area (Å²) in [5.74, 6) is 0. The molecule has 1 nitrogen and oxygen atoms in total. The van der Waals surface area contributed by atoms with E-state index in [1.54, 1.807) is 0 Å². The average Bonchev–Trinajstić information content (AvgIpc) is 0. The molecule has 0 saturated carbocycles. The molecule has 0 amide bonds. The van der Waals surface area contributed by atoms with Gasteiger partial charge < -0.3 is 8.33 Å². The quantitative estimate of drug-likeness (QED) is 0.413. The van der Waals surface area contributed by atoms with E-state index in [1.807, 2.05) is 0 Å². The fourth-order valence-corrected chi connectivity index (χ4v) is 0. The Balaban J connectivity index is 0. The Labute approximate surface area is 114 Å². The molecule has 0 rings (SSSR count). The van der Waals surface area contributed by atoms with Gasteiger partial charge in [-0.15, -0.1) is 0 Å². The molecule has 0 aliphatic carbocycles. The third-order valence-electron chi connectivity index (χ3n) is 0. The van der Waals surface area contributed by atoms with Gasteiger partial charge in [-0.1, -0.05) is 0 Å². The summed E-state index contributed by atoms with van der Waals surface area (Å²) in [7, 11) is 0. The normalized spacial score (nSPS) is 0. The molecule has 0 heterocycles. The van der Waals surface area contributed by atoms with E-state index in [4.69, 9.17) is 0 Å². The maximum absolute atomic E-state index is 0. The SMILES string of the molecule is O.[Ba+2].[H-].[H-].[La].[SnH2]. The zero-order valence-corrected chi connectivity index (χ0v) is 14.6. The van der Waals surface area contributed by atoms with Gasteiger partial charge in [-0.3, -0.25) is 0 Å². The summed E-state index contributed by atoms with van der Waals surface area (Å²) in [6.07, 6.45) is 0. The molecule has 0 aromatic carbocycles. The molecule has 0 atom stereocenters. The van der Waals surface area contributed by atoms with Crippen molar-refractivity contribution < 1.29 is 43.9 Å². The fourth-order valence-electron chi connectivity index (χ4n) is 0. The molecule has 4 heavy (non-hydrogen) atoms. The Morgan fingerprint density at radius 1 is 1.25 bits per heavy atom. The van der Waals surface area contributed by atoms with Crippen LogP contribution < -0.4 is 0 Å². The monoisotopic (exact) mass is 419 g/mol. The predicted molar refractivity (Wildman–Crippen MR) is 20.1 cm³/mol. The molecule has 0 aliphatic rings. The number of hydrogen-bond acceptors (Lipinski definition) is 0. The Bertz CT molecular complexity index is 13.5. The van der Waals surface area contributed by atoms with Crippen molar-refractivity contribution in [2.45, 2.75) is 0 Å². The standard InChI is InChI=1S/Ba.La.H2O.Sn.4H/h;;1H2;;;;;/q+2;;;;;;2*-1. The molecule has 2 N–H and O–H groups in total. The first kappa shape index (κ1) is 25.8. The molecular formula is H6BaLaOSn. The number of rotatable bonds is 0. The summed E-state index contributed by atoms with van der Waals surface area (Å²) in [5, 5.41) is 0. The first-order valence-corrected chi connectivity index (χ1v) is 0. The van der Waals surface area contributed by atoms with Gasteiger partial charge in [0.2, 0.25) is 0 Å². The van der Waals surface area contributed by atoms with E-state index in [0.29, 0.717) is 0 Å². The molecule has 0 unspecified atom stereocenters. The minimum atomic E-state index is 0. The van der Waals surface area contributed by atoms with Crippen molar-refractivity contribution in [2.24, 2.45) is 0 Å². The molecule has 0 aromatic heterocycles. The molecular weight excluding hydrogens is 411 g/mol. The van der Waals surface area contributed by atoms with Crippen LogP contribution in [0.1, 0.15) is 2.85 Å². The molecule has 0 aromatic rings. The third-order valence-corrected chi connectivity index (χ3v) is 0. The fraction of sp³-hybridized carbons (Fsp3) is 0. The van der Waals surface area contributed by atoms with Crippen LogP contribution >= 0.6 is 0 Å². The van der Waals surface area contributed by atoms with E-state index in [9.17, 15) is 0 Å². The van der Waals surface area contributed by atoms with Crippen molar-refractivity contribution in [3.8, 4) is 0 Å². The van der Waals surface area contributed by atoms with Gasteiger partial charge in [-0.2, -0.15) is 0 Å². The molecule has 21 valence electrons. The van der Waals surface area contributed by atoms with Crippen molar-refractivity contribution in [2.75, 3.05) is 0 Å². The zero-order chi connectivity index (χ0) is 0. The topological polar surface area (TPSA) is 31.5 Å². The second-order valence-corrected chi connectivity index (χ2v) is 0. The zero-order valence-electron chi connectivity index (χ0n) is 4.49. The Hall–Kier alpha value is 3.52. The third kappa shape index (κ3) is 9.10. The maximum atomic E-state index is 0. The van der Waals surface area contributed by atoms with Gasteiger partial charge in [0, 0.05) is 35.6 Å². The van der Waals surface area contributed by atoms with Crippen molar-refractivity contribution >= 4 is 72.8 Å². The van der Waals surface area contributed by atoms with Crippen LogP contribution in [-0.2, 0) is 0 Å². The first-order chi connectivity index (χ1) is 0. The summed E-state index contributed by atoms with van der Waals surface area (Å²) >= 11 is 0. The summed E-state index contributed by atoms with van der Waals surface area (Å²) in [6.45, 7) is 0. The summed E-state index contributed by atoms with van der Waals surface area (Å²) in [4.78, 5) is 0. The van der Waals surface area contributed by atoms with Gasteiger partial charge in [0.05, 0.1) is 0 Å². The Kier molecular flexibility index (Phi) is 103. The first-order valence-electron chi connectivity index (χ1n) is 0. The molecule has 0 spiro atoms. The van der Waals surface area contributed by atoms with Crippen molar-refractivity contribution in [3.63, 3.8) is 0 Å². The van der Waals surface area contributed by atoms with Gasteiger partial charge in [-0.05, 0) is 0 Å². The van der Waals surface area contributed by atoms with Crippen molar-refractivity contribution in [1.29, 1.82) is 0 Å². The van der Waals surface area contributed by atoms with E-state index in [2.05, 4.69) is 0 Å². The molecule has 0 fully saturated rings. The van der Waals surface area contributed by atoms with E-state index in [1.165, 1.54) is 0 Å². The van der Waals surface area contributed by atoms with E-state index < -0.39 is 0 Å². The van der Waals surface area contributed by atoms with E-state index in [-0.39, 0.29) is 117 Å². The van der Waals surface area contributed by atoms with Gasteiger partial charge in [0.1, 0.15) is 0 Å². The average molecular weight is 417 g/mol. The molecule has 0 aliphatic heterocycles. The minimum absolute atomic E-state index is 0. The second kappa shape index (κ2) is 16.0. The van der Waals surface area contributed by atoms with Crippen molar-refractivity contribution in [3.05, 3.63) is 0 Å². The molecule has 0 saturated heterocycles. The van der Waals surface area contributed by atoms with Crippen LogP contribution in [0.5, 0.6) is 0 Å². The molecule has 4 heteroatoms. The summed E-state index contributed by atoms with van der Waals surface area (Å²) < 4.78 is 0. The van der Waals surface area contributed by atoms with E-state index >= 15 is 0 Å². The van der Waals surface area contributed by atoms with Crippen LogP contribution in [0.3, 0.4) is 0 Å². The second-order valence-electron chi connectivity index (χ2n) is 0. The predicted octanol–water partition coefficient (Wildman–Crippen LogP) is -1.90. The van der Waals surface area contributed by atoms with Crippen LogP contribution in [0, 0.1) is 35.6 Å². The van der Waals surface area contributed by atoms with Gasteiger partial charge >= 0.3 is 72.8 Å². The molecule has 3 radical (unpaired) electrons. The van der Waals surface area contributed by atoms with Crippen LogP contribution in [0.4, 0.5) is 0 Å². The molecule has 0 bridgehead atoms. The van der Waals surface area contributed by atoms with Crippen LogP contribution in [0.2, 0.25) is 0 Å². The van der Waals surface area contributed by atoms with Crippen LogP contribution in [0.15, 0.2) is 0 Å². The Morgan fingerprint density at radius 2 is 1.25 bits per heavy atom. The van der Waals surface area contributed by atoms with Gasteiger partial charge in [0.15, 0.2) is 0 Å². The number of hydrogen-bond donors (Lipinski definition) is 0. The Morgan fingerprint density at radius 3 is 1.25 bits per heavy atom. The van der Waals surface area contributed by atoms with Gasteiger partial charge in [-0.25, -0.2) is 0 Å². The summed E-state index contributed by atoms with van der Waals surface area (Å²) in [6, 6.07) is 0. The van der Waals surface area contributed by atoms with Crippen LogP contribution in [-0.4, -0.2) is 78.3 Å².